The quantitative estimate of drug-likeness (QED) is 0.336. The summed E-state index contributed by atoms with van der Waals surface area (Å²) in [5.41, 5.74) is 0.743. The van der Waals surface area contributed by atoms with Gasteiger partial charge in [-0.15, -0.1) is 0 Å². The van der Waals surface area contributed by atoms with E-state index in [-0.39, 0.29) is 19.1 Å². The second-order valence-corrected chi connectivity index (χ2v) is 8.13. The molecule has 0 aliphatic carbocycles. The molecule has 5 nitrogen and oxygen atoms in total. The molecule has 0 unspecified atom stereocenters. The lowest BCUT2D eigenvalue weighted by molar-refractivity contribution is -0.137. The van der Waals surface area contributed by atoms with Gasteiger partial charge in [-0.1, -0.05) is 29.8 Å². The third-order valence-corrected chi connectivity index (χ3v) is 5.55. The van der Waals surface area contributed by atoms with Crippen molar-refractivity contribution < 1.29 is 32.2 Å². The van der Waals surface area contributed by atoms with E-state index in [9.17, 15) is 18.0 Å². The van der Waals surface area contributed by atoms with Gasteiger partial charge in [-0.25, -0.2) is 0 Å². The zero-order chi connectivity index (χ0) is 25.4. The van der Waals surface area contributed by atoms with Crippen LogP contribution in [-0.2, 0) is 23.9 Å². The Hall–Kier alpha value is -3.39. The van der Waals surface area contributed by atoms with Gasteiger partial charge >= 0.3 is 6.18 Å². The highest BCUT2D eigenvalue weighted by atomic mass is 35.5. The molecule has 0 saturated heterocycles. The minimum absolute atomic E-state index is 0.133. The lowest BCUT2D eigenvalue weighted by atomic mass is 10.1. The summed E-state index contributed by atoms with van der Waals surface area (Å²) in [4.78, 5) is 14.6. The van der Waals surface area contributed by atoms with E-state index < -0.39 is 11.7 Å². The highest BCUT2D eigenvalue weighted by Gasteiger charge is 2.30. The zero-order valence-corrected chi connectivity index (χ0v) is 20.0. The molecule has 0 aliphatic heterocycles. The Morgan fingerprint density at radius 3 is 2.11 bits per heavy atom. The number of halogens is 4. The number of ether oxygens (including phenoxy) is 3. The van der Waals surface area contributed by atoms with Crippen LogP contribution in [0.2, 0.25) is 5.02 Å². The molecule has 3 aromatic carbocycles. The van der Waals surface area contributed by atoms with E-state index in [4.69, 9.17) is 25.8 Å². The summed E-state index contributed by atoms with van der Waals surface area (Å²) in [6, 6.07) is 16.8. The third kappa shape index (κ3) is 7.55. The van der Waals surface area contributed by atoms with Crippen molar-refractivity contribution in [2.24, 2.45) is 0 Å². The molecule has 3 rings (SSSR count). The van der Waals surface area contributed by atoms with Crippen LogP contribution in [0.15, 0.2) is 66.7 Å². The van der Waals surface area contributed by atoms with E-state index in [2.05, 4.69) is 0 Å². The maximum atomic E-state index is 13.0. The maximum Gasteiger partial charge on any atom is 0.416 e. The number of carbonyl (C=O) groups excluding carboxylic acids is 1. The standard InChI is InChI=1S/C26H25ClF3NO4/c1-33-23-12-5-18(15-24(23)34-2)13-14-31(16-19-3-6-20(7-4-19)26(28,29)30)25(32)17-35-22-10-8-21(27)9-11-22/h3-12,15H,13-14,16-17H2,1-2H3. The molecule has 35 heavy (non-hydrogen) atoms. The normalized spacial score (nSPS) is 11.1. The van der Waals surface area contributed by atoms with Gasteiger partial charge in [0.2, 0.25) is 0 Å². The van der Waals surface area contributed by atoms with Gasteiger partial charge in [-0.3, -0.25) is 4.79 Å². The fourth-order valence-corrected chi connectivity index (χ4v) is 3.50. The van der Waals surface area contributed by atoms with Crippen molar-refractivity contribution in [3.05, 3.63) is 88.4 Å². The van der Waals surface area contributed by atoms with Crippen LogP contribution >= 0.6 is 11.6 Å². The second-order valence-electron chi connectivity index (χ2n) is 7.69. The van der Waals surface area contributed by atoms with Gasteiger partial charge in [0, 0.05) is 18.1 Å². The Balaban J connectivity index is 1.73. The van der Waals surface area contributed by atoms with Gasteiger partial charge in [0.05, 0.1) is 19.8 Å². The van der Waals surface area contributed by atoms with Crippen LogP contribution in [0.3, 0.4) is 0 Å². The molecule has 0 spiro atoms. The second kappa shape index (κ2) is 11.8. The molecule has 9 heteroatoms. The first-order chi connectivity index (χ1) is 16.7. The first-order valence-corrected chi connectivity index (χ1v) is 11.1. The van der Waals surface area contributed by atoms with Gasteiger partial charge in [0.25, 0.3) is 5.91 Å². The fraction of sp³-hybridized carbons (Fsp3) is 0.269. The molecule has 0 heterocycles. The van der Waals surface area contributed by atoms with Crippen molar-refractivity contribution in [3.8, 4) is 17.2 Å². The Morgan fingerprint density at radius 1 is 0.886 bits per heavy atom. The van der Waals surface area contributed by atoms with E-state index in [1.54, 1.807) is 42.3 Å². The summed E-state index contributed by atoms with van der Waals surface area (Å²) in [5, 5.41) is 0.544. The van der Waals surface area contributed by atoms with Crippen LogP contribution in [0, 0.1) is 0 Å². The predicted molar refractivity (Wildman–Crippen MR) is 127 cm³/mol. The van der Waals surface area contributed by atoms with E-state index >= 15 is 0 Å². The van der Waals surface area contributed by atoms with Crippen LogP contribution in [-0.4, -0.2) is 38.2 Å². The van der Waals surface area contributed by atoms with E-state index in [1.807, 2.05) is 12.1 Å². The molecule has 0 N–H and O–H groups in total. The number of nitrogens with zero attached hydrogens (tertiary/aromatic N) is 1. The zero-order valence-electron chi connectivity index (χ0n) is 19.3. The monoisotopic (exact) mass is 507 g/mol. The van der Waals surface area contributed by atoms with Crippen molar-refractivity contribution in [1.29, 1.82) is 0 Å². The number of carbonyl (C=O) groups is 1. The van der Waals surface area contributed by atoms with Crippen LogP contribution in [0.25, 0.3) is 0 Å². The molecule has 0 saturated carbocycles. The number of benzene rings is 3. The van der Waals surface area contributed by atoms with Gasteiger partial charge in [0.15, 0.2) is 18.1 Å². The molecule has 0 bridgehead atoms. The Kier molecular flexibility index (Phi) is 8.87. The molecular formula is C26H25ClF3NO4. The minimum Gasteiger partial charge on any atom is -0.493 e. The van der Waals surface area contributed by atoms with Crippen molar-refractivity contribution in [2.75, 3.05) is 27.4 Å². The summed E-state index contributed by atoms with van der Waals surface area (Å²) in [5.74, 6) is 1.33. The first kappa shape index (κ1) is 26.2. The number of amides is 1. The number of alkyl halides is 3. The van der Waals surface area contributed by atoms with Crippen molar-refractivity contribution >= 4 is 17.5 Å². The molecule has 0 fully saturated rings. The van der Waals surface area contributed by atoms with Gasteiger partial charge < -0.3 is 19.1 Å². The van der Waals surface area contributed by atoms with Crippen molar-refractivity contribution in [2.45, 2.75) is 19.1 Å². The number of methoxy groups -OCH3 is 2. The average molecular weight is 508 g/mol. The summed E-state index contributed by atoms with van der Waals surface area (Å²) >= 11 is 5.88. The van der Waals surface area contributed by atoms with E-state index in [1.165, 1.54) is 19.2 Å². The SMILES string of the molecule is COc1ccc(CCN(Cc2ccc(C(F)(F)F)cc2)C(=O)COc2ccc(Cl)cc2)cc1OC. The highest BCUT2D eigenvalue weighted by molar-refractivity contribution is 6.30. The van der Waals surface area contributed by atoms with E-state index in [0.717, 1.165) is 17.7 Å². The number of rotatable bonds is 10. The van der Waals surface area contributed by atoms with Crippen molar-refractivity contribution in [3.63, 3.8) is 0 Å². The van der Waals surface area contributed by atoms with Crippen LogP contribution < -0.4 is 14.2 Å². The number of hydrogen-bond acceptors (Lipinski definition) is 4. The van der Waals surface area contributed by atoms with Gasteiger partial charge in [-0.05, 0) is 66.1 Å². The Bertz CT molecular complexity index is 1120. The molecule has 0 radical (unpaired) electrons. The lowest BCUT2D eigenvalue weighted by Gasteiger charge is -2.23. The van der Waals surface area contributed by atoms with Gasteiger partial charge in [0.1, 0.15) is 5.75 Å². The Morgan fingerprint density at radius 2 is 1.51 bits per heavy atom. The molecule has 0 atom stereocenters. The fourth-order valence-electron chi connectivity index (χ4n) is 3.38. The molecule has 3 aromatic rings. The minimum atomic E-state index is -4.42. The number of hydrogen-bond donors (Lipinski definition) is 0. The largest absolute Gasteiger partial charge is 0.493 e. The van der Waals surface area contributed by atoms with Crippen LogP contribution in [0.4, 0.5) is 13.2 Å². The summed E-state index contributed by atoms with van der Waals surface area (Å²) in [6.45, 7) is 0.224. The van der Waals surface area contributed by atoms with Crippen molar-refractivity contribution in [1.82, 2.24) is 4.90 Å². The molecule has 0 aliphatic rings. The highest BCUT2D eigenvalue weighted by Crippen LogP contribution is 2.30. The smallest absolute Gasteiger partial charge is 0.416 e. The Labute approximate surface area is 207 Å². The molecule has 186 valence electrons. The van der Waals surface area contributed by atoms with E-state index in [0.29, 0.717) is 40.8 Å². The first-order valence-electron chi connectivity index (χ1n) is 10.7. The summed E-state index contributed by atoms with van der Waals surface area (Å²) < 4.78 is 54.9. The lowest BCUT2D eigenvalue weighted by Crippen LogP contribution is -2.36. The molecular weight excluding hydrogens is 483 g/mol. The van der Waals surface area contributed by atoms with Crippen LogP contribution in [0.5, 0.6) is 17.2 Å². The van der Waals surface area contributed by atoms with Crippen LogP contribution in [0.1, 0.15) is 16.7 Å². The molecule has 1 amide bonds. The molecule has 0 aromatic heterocycles. The summed E-state index contributed by atoms with van der Waals surface area (Å²) in [7, 11) is 3.08. The topological polar surface area (TPSA) is 48.0 Å². The average Bonchev–Trinajstić information content (AvgIpc) is 2.85. The van der Waals surface area contributed by atoms with Gasteiger partial charge in [-0.2, -0.15) is 13.2 Å². The summed E-state index contributed by atoms with van der Waals surface area (Å²) in [6.07, 6.45) is -3.93. The third-order valence-electron chi connectivity index (χ3n) is 5.30. The predicted octanol–water partition coefficient (Wildman–Crippen LogP) is 6.03. The maximum absolute atomic E-state index is 13.0.